The van der Waals surface area contributed by atoms with Crippen molar-refractivity contribution in [3.63, 3.8) is 0 Å². The van der Waals surface area contributed by atoms with Gasteiger partial charge in [0, 0.05) is 16.6 Å². The molecule has 1 N–H and O–H groups in total. The minimum atomic E-state index is -4.36. The predicted octanol–water partition coefficient (Wildman–Crippen LogP) is 6.97. The number of carbonyl (C=O) groups excluding carboxylic acids is 1. The smallest absolute Gasteiger partial charge is 0.416 e. The average Bonchev–Trinajstić information content (AvgIpc) is 3.30. The first kappa shape index (κ1) is 22.5. The van der Waals surface area contributed by atoms with Gasteiger partial charge in [0.25, 0.3) is 5.91 Å². The maximum absolute atomic E-state index is 12.7. The molecule has 0 atom stereocenters. The van der Waals surface area contributed by atoms with Crippen molar-refractivity contribution in [2.24, 2.45) is 0 Å². The van der Waals surface area contributed by atoms with Gasteiger partial charge in [-0.15, -0.1) is 11.3 Å². The number of halogens is 3. The summed E-state index contributed by atoms with van der Waals surface area (Å²) in [6, 6.07) is 19.5. The van der Waals surface area contributed by atoms with Crippen molar-refractivity contribution in [1.82, 2.24) is 4.98 Å². The summed E-state index contributed by atoms with van der Waals surface area (Å²) in [5.41, 5.74) is 2.81. The topological polar surface area (TPSA) is 51.2 Å². The van der Waals surface area contributed by atoms with Crippen LogP contribution in [0.1, 0.15) is 27.2 Å². The van der Waals surface area contributed by atoms with Crippen LogP contribution in [-0.2, 0) is 12.8 Å². The number of thiazole rings is 1. The summed E-state index contributed by atoms with van der Waals surface area (Å²) in [5.74, 6) is 0.254. The molecule has 1 aromatic heterocycles. The lowest BCUT2D eigenvalue weighted by molar-refractivity contribution is -0.137. The maximum atomic E-state index is 12.7. The van der Waals surface area contributed by atoms with E-state index in [2.05, 4.69) is 10.3 Å². The summed E-state index contributed by atoms with van der Waals surface area (Å²) in [6.45, 7) is 2.10. The summed E-state index contributed by atoms with van der Waals surface area (Å²) in [4.78, 5) is 16.9. The van der Waals surface area contributed by atoms with E-state index in [0.717, 1.165) is 23.3 Å². The highest BCUT2D eigenvalue weighted by Crippen LogP contribution is 2.30. The zero-order chi connectivity index (χ0) is 23.4. The number of carbonyl (C=O) groups is 1. The van der Waals surface area contributed by atoms with Crippen molar-refractivity contribution < 1.29 is 22.7 Å². The van der Waals surface area contributed by atoms with Crippen molar-refractivity contribution in [1.29, 1.82) is 0 Å². The zero-order valence-electron chi connectivity index (χ0n) is 17.5. The number of benzene rings is 3. The van der Waals surface area contributed by atoms with E-state index in [1.807, 2.05) is 37.3 Å². The number of amides is 1. The molecule has 4 rings (SSSR count). The molecule has 0 aliphatic rings. The number of hydrogen-bond donors (Lipinski definition) is 1. The van der Waals surface area contributed by atoms with Gasteiger partial charge in [0.05, 0.1) is 5.56 Å². The van der Waals surface area contributed by atoms with Crippen LogP contribution >= 0.6 is 11.3 Å². The van der Waals surface area contributed by atoms with Crippen LogP contribution in [0.3, 0.4) is 0 Å². The first-order valence-corrected chi connectivity index (χ1v) is 10.9. The Hall–Kier alpha value is -3.65. The molecule has 33 heavy (non-hydrogen) atoms. The molecule has 1 heterocycles. The Kier molecular flexibility index (Phi) is 6.46. The van der Waals surface area contributed by atoms with Crippen LogP contribution in [0.4, 0.5) is 18.9 Å². The third-order valence-electron chi connectivity index (χ3n) is 4.81. The SMILES string of the molecule is Cc1ccc(NC(=O)c2csc(-c3cccc(OCc4ccc(C(F)(F)F)cc4)c3)n2)cc1. The molecular weight excluding hydrogens is 449 g/mol. The molecule has 1 amide bonds. The van der Waals surface area contributed by atoms with E-state index < -0.39 is 11.7 Å². The number of hydrogen-bond acceptors (Lipinski definition) is 4. The standard InChI is InChI=1S/C25H19F3N2O2S/c1-16-5-11-20(12-6-16)29-23(31)22-15-33-24(30-22)18-3-2-4-21(13-18)32-14-17-7-9-19(10-8-17)25(26,27)28/h2-13,15H,14H2,1H3,(H,29,31). The van der Waals surface area contributed by atoms with Crippen molar-refractivity contribution in [3.05, 3.63) is 101 Å². The van der Waals surface area contributed by atoms with Crippen LogP contribution in [0.15, 0.2) is 78.2 Å². The van der Waals surface area contributed by atoms with E-state index in [4.69, 9.17) is 4.74 Å². The van der Waals surface area contributed by atoms with E-state index >= 15 is 0 Å². The maximum Gasteiger partial charge on any atom is 0.416 e. The fourth-order valence-corrected chi connectivity index (χ4v) is 3.82. The van der Waals surface area contributed by atoms with Crippen LogP contribution in [0, 0.1) is 6.92 Å². The number of nitrogens with one attached hydrogen (secondary N) is 1. The normalized spacial score (nSPS) is 11.3. The van der Waals surface area contributed by atoms with Crippen molar-refractivity contribution >= 4 is 22.9 Å². The first-order valence-electron chi connectivity index (χ1n) is 10.0. The van der Waals surface area contributed by atoms with Crippen LogP contribution in [0.5, 0.6) is 5.75 Å². The number of aromatic nitrogens is 1. The zero-order valence-corrected chi connectivity index (χ0v) is 18.3. The molecule has 8 heteroatoms. The number of rotatable bonds is 6. The van der Waals surface area contributed by atoms with Crippen LogP contribution in [0.2, 0.25) is 0 Å². The molecule has 4 aromatic rings. The van der Waals surface area contributed by atoms with Crippen LogP contribution < -0.4 is 10.1 Å². The van der Waals surface area contributed by atoms with E-state index in [1.54, 1.807) is 23.6 Å². The molecule has 0 saturated carbocycles. The van der Waals surface area contributed by atoms with Gasteiger partial charge in [-0.05, 0) is 48.9 Å². The number of alkyl halides is 3. The van der Waals surface area contributed by atoms with Gasteiger partial charge < -0.3 is 10.1 Å². The van der Waals surface area contributed by atoms with Gasteiger partial charge >= 0.3 is 6.18 Å². The largest absolute Gasteiger partial charge is 0.489 e. The predicted molar refractivity (Wildman–Crippen MR) is 122 cm³/mol. The Morgan fingerprint density at radius 2 is 1.76 bits per heavy atom. The number of ether oxygens (including phenoxy) is 1. The molecule has 0 fully saturated rings. The molecule has 0 aliphatic carbocycles. The number of aryl methyl sites for hydroxylation is 1. The lowest BCUT2D eigenvalue weighted by Crippen LogP contribution is -2.12. The van der Waals surface area contributed by atoms with Gasteiger partial charge in [0.15, 0.2) is 0 Å². The molecule has 0 spiro atoms. The third kappa shape index (κ3) is 5.78. The van der Waals surface area contributed by atoms with Crippen LogP contribution in [0.25, 0.3) is 10.6 Å². The van der Waals surface area contributed by atoms with Gasteiger partial charge in [-0.3, -0.25) is 4.79 Å². The van der Waals surface area contributed by atoms with E-state index in [1.165, 1.54) is 23.5 Å². The van der Waals surface area contributed by atoms with E-state index in [-0.39, 0.29) is 12.5 Å². The van der Waals surface area contributed by atoms with Crippen molar-refractivity contribution in [2.45, 2.75) is 19.7 Å². The Morgan fingerprint density at radius 3 is 2.45 bits per heavy atom. The summed E-state index contributed by atoms with van der Waals surface area (Å²) >= 11 is 1.34. The Bertz CT molecular complexity index is 1250. The van der Waals surface area contributed by atoms with Gasteiger partial charge in [-0.25, -0.2) is 4.98 Å². The molecule has 0 radical (unpaired) electrons. The first-order chi connectivity index (χ1) is 15.8. The number of anilines is 1. The number of nitrogens with zero attached hydrogens (tertiary/aromatic N) is 1. The van der Waals surface area contributed by atoms with Crippen molar-refractivity contribution in [3.8, 4) is 16.3 Å². The van der Waals surface area contributed by atoms with Gasteiger partial charge in [0.1, 0.15) is 23.1 Å². The second kappa shape index (κ2) is 9.46. The molecule has 0 aliphatic heterocycles. The quantitative estimate of drug-likeness (QED) is 0.333. The molecule has 0 saturated heterocycles. The molecule has 3 aromatic carbocycles. The third-order valence-corrected chi connectivity index (χ3v) is 5.71. The lowest BCUT2D eigenvalue weighted by atomic mass is 10.1. The van der Waals surface area contributed by atoms with Gasteiger partial charge in [0.2, 0.25) is 0 Å². The lowest BCUT2D eigenvalue weighted by Gasteiger charge is -2.09. The fraction of sp³-hybridized carbons (Fsp3) is 0.120. The highest BCUT2D eigenvalue weighted by atomic mass is 32.1. The Morgan fingerprint density at radius 1 is 1.03 bits per heavy atom. The van der Waals surface area contributed by atoms with E-state index in [9.17, 15) is 18.0 Å². The van der Waals surface area contributed by atoms with Crippen molar-refractivity contribution in [2.75, 3.05) is 5.32 Å². The Labute approximate surface area is 192 Å². The molecular formula is C25H19F3N2O2S. The van der Waals surface area contributed by atoms with Gasteiger partial charge in [-0.1, -0.05) is 42.0 Å². The second-order valence-corrected chi connectivity index (χ2v) is 8.23. The fourth-order valence-electron chi connectivity index (χ4n) is 3.02. The highest BCUT2D eigenvalue weighted by molar-refractivity contribution is 7.13. The average molecular weight is 469 g/mol. The minimum absolute atomic E-state index is 0.129. The monoisotopic (exact) mass is 468 g/mol. The molecule has 0 bridgehead atoms. The summed E-state index contributed by atoms with van der Waals surface area (Å²) in [7, 11) is 0. The Balaban J connectivity index is 1.41. The molecule has 0 unspecified atom stereocenters. The summed E-state index contributed by atoms with van der Waals surface area (Å²) < 4.78 is 43.8. The molecule has 4 nitrogen and oxygen atoms in total. The molecule has 168 valence electrons. The minimum Gasteiger partial charge on any atom is -0.489 e. The summed E-state index contributed by atoms with van der Waals surface area (Å²) in [6.07, 6.45) is -4.36. The van der Waals surface area contributed by atoms with E-state index in [0.29, 0.717) is 27.7 Å². The second-order valence-electron chi connectivity index (χ2n) is 7.37. The summed E-state index contributed by atoms with van der Waals surface area (Å²) in [5, 5.41) is 5.17. The van der Waals surface area contributed by atoms with Crippen LogP contribution in [-0.4, -0.2) is 10.9 Å². The van der Waals surface area contributed by atoms with Gasteiger partial charge in [-0.2, -0.15) is 13.2 Å². The highest BCUT2D eigenvalue weighted by Gasteiger charge is 2.29.